The number of hydrogen-bond acceptors (Lipinski definition) is 6. The maximum absolute atomic E-state index is 14.5. The van der Waals surface area contributed by atoms with Gasteiger partial charge in [-0.05, 0) is 68.0 Å². The van der Waals surface area contributed by atoms with Gasteiger partial charge < -0.3 is 4.74 Å². The van der Waals surface area contributed by atoms with Crippen molar-refractivity contribution in [2.24, 2.45) is 11.8 Å². The summed E-state index contributed by atoms with van der Waals surface area (Å²) in [7, 11) is -4.17. The second-order valence-electron chi connectivity index (χ2n) is 10.7. The monoisotopic (exact) mass is 557 g/mol. The molecule has 39 heavy (non-hydrogen) atoms. The molecule has 0 radical (unpaired) electrons. The molecule has 9 heteroatoms. The van der Waals surface area contributed by atoms with Crippen LogP contribution in [0.15, 0.2) is 53.6 Å². The van der Waals surface area contributed by atoms with E-state index < -0.39 is 21.7 Å². The highest BCUT2D eigenvalue weighted by molar-refractivity contribution is 7.90. The Morgan fingerprint density at radius 3 is 2.59 bits per heavy atom. The zero-order valence-electron chi connectivity index (χ0n) is 22.7. The summed E-state index contributed by atoms with van der Waals surface area (Å²) in [6.45, 7) is 6.16. The van der Waals surface area contributed by atoms with Crippen molar-refractivity contribution in [1.29, 1.82) is 0 Å². The summed E-state index contributed by atoms with van der Waals surface area (Å²) >= 11 is 0. The molecule has 1 fully saturated rings. The first-order valence-electron chi connectivity index (χ1n) is 13.5. The highest BCUT2D eigenvalue weighted by Crippen LogP contribution is 2.30. The molecule has 1 aromatic carbocycles. The summed E-state index contributed by atoms with van der Waals surface area (Å²) in [5.41, 5.74) is 2.20. The fourth-order valence-corrected chi connectivity index (χ4v) is 5.81. The van der Waals surface area contributed by atoms with Crippen molar-refractivity contribution in [3.05, 3.63) is 71.3 Å². The second kappa shape index (κ2) is 12.7. The van der Waals surface area contributed by atoms with E-state index >= 15 is 0 Å². The second-order valence-corrected chi connectivity index (χ2v) is 12.3. The van der Waals surface area contributed by atoms with Crippen LogP contribution >= 0.6 is 0 Å². The molecular weight excluding hydrogens is 517 g/mol. The third-order valence-corrected chi connectivity index (χ3v) is 8.08. The van der Waals surface area contributed by atoms with Crippen molar-refractivity contribution in [3.63, 3.8) is 0 Å². The zero-order chi connectivity index (χ0) is 28.0. The van der Waals surface area contributed by atoms with Crippen molar-refractivity contribution >= 4 is 15.9 Å². The molecule has 4 rings (SSSR count). The molecule has 0 aliphatic heterocycles. The molecule has 3 aromatic rings. The van der Waals surface area contributed by atoms with Gasteiger partial charge in [0, 0.05) is 20.2 Å². The van der Waals surface area contributed by atoms with Gasteiger partial charge in [0.05, 0.1) is 23.6 Å². The number of pyridine rings is 2. The van der Waals surface area contributed by atoms with Gasteiger partial charge in [-0.25, -0.2) is 14.1 Å². The lowest BCUT2D eigenvalue weighted by molar-refractivity contribution is 0.0979. The smallest absolute Gasteiger partial charge is 0.281 e. The number of halogens is 1. The van der Waals surface area contributed by atoms with E-state index in [1.165, 1.54) is 37.5 Å². The number of sulfonamides is 1. The van der Waals surface area contributed by atoms with Crippen molar-refractivity contribution in [1.82, 2.24) is 14.7 Å². The number of nitrogens with zero attached hydrogens (tertiary/aromatic N) is 2. The van der Waals surface area contributed by atoms with Gasteiger partial charge in [0.2, 0.25) is 0 Å². The van der Waals surface area contributed by atoms with Gasteiger partial charge in [-0.1, -0.05) is 52.0 Å². The number of nitrogens with one attached hydrogen (secondary N) is 1. The number of carbonyl (C=O) groups excluding carboxylic acids is 1. The van der Waals surface area contributed by atoms with Gasteiger partial charge in [0.25, 0.3) is 15.9 Å². The van der Waals surface area contributed by atoms with Crippen LogP contribution in [0.5, 0.6) is 5.75 Å². The van der Waals surface area contributed by atoms with Gasteiger partial charge in [-0.15, -0.1) is 0 Å². The summed E-state index contributed by atoms with van der Waals surface area (Å²) in [4.78, 5) is 22.0. The first-order chi connectivity index (χ1) is 18.6. The Hall–Kier alpha value is -3.33. The van der Waals surface area contributed by atoms with E-state index in [0.29, 0.717) is 47.3 Å². The zero-order valence-corrected chi connectivity index (χ0v) is 23.6. The third kappa shape index (κ3) is 7.85. The van der Waals surface area contributed by atoms with Crippen molar-refractivity contribution in [3.8, 4) is 17.0 Å². The maximum atomic E-state index is 14.5. The Bertz CT molecular complexity index is 1430. The number of benzene rings is 1. The van der Waals surface area contributed by atoms with Crippen molar-refractivity contribution in [2.45, 2.75) is 70.7 Å². The van der Waals surface area contributed by atoms with Gasteiger partial charge in [-0.3, -0.25) is 9.78 Å². The quantitative estimate of drug-likeness (QED) is 0.296. The average molecular weight is 558 g/mol. The fourth-order valence-electron chi connectivity index (χ4n) is 4.83. The van der Waals surface area contributed by atoms with E-state index in [0.717, 1.165) is 19.3 Å². The predicted octanol–water partition coefficient (Wildman–Crippen LogP) is 6.75. The van der Waals surface area contributed by atoms with Crippen LogP contribution in [0.3, 0.4) is 0 Å². The molecule has 0 saturated heterocycles. The molecule has 2 aromatic heterocycles. The lowest BCUT2D eigenvalue weighted by Gasteiger charge is -2.21. The van der Waals surface area contributed by atoms with E-state index in [4.69, 9.17) is 9.72 Å². The molecule has 1 aliphatic carbocycles. The Kier molecular flexibility index (Phi) is 9.32. The summed E-state index contributed by atoms with van der Waals surface area (Å²) in [5, 5.41) is -0.224. The minimum atomic E-state index is -4.17. The van der Waals surface area contributed by atoms with Crippen LogP contribution in [-0.2, 0) is 16.4 Å². The molecule has 0 spiro atoms. The number of hydrogen-bond donors (Lipinski definition) is 1. The highest BCUT2D eigenvalue weighted by atomic mass is 32.2. The van der Waals surface area contributed by atoms with Crippen LogP contribution in [0.25, 0.3) is 11.3 Å². The standard InChI is InChI=1S/C30H36FN3O4S.2H2/c1-20(2)19-38-25-17-23(16-24(31)18-25)27-15-13-26(28(33-27)14-12-22-9-5-4-6-10-22)30(35)34-39(36,37)29-11-7-8-21(3)32-29;;/h7-8,11,13,15-18,20,22H,4-6,9-10,12,14,19H2,1-3H3,(H,34,35);2*1H. The summed E-state index contributed by atoms with van der Waals surface area (Å²) in [5.74, 6) is 0.00487. The minimum absolute atomic E-state index is 0. The summed E-state index contributed by atoms with van der Waals surface area (Å²) < 4.78 is 48.1. The first-order valence-corrected chi connectivity index (χ1v) is 15.0. The van der Waals surface area contributed by atoms with Gasteiger partial charge in [0.15, 0.2) is 5.03 Å². The Labute approximate surface area is 233 Å². The molecule has 1 aliphatic rings. The molecule has 0 bridgehead atoms. The first kappa shape index (κ1) is 28.7. The lowest BCUT2D eigenvalue weighted by Crippen LogP contribution is -2.32. The van der Waals surface area contributed by atoms with Gasteiger partial charge >= 0.3 is 0 Å². The van der Waals surface area contributed by atoms with Crippen LogP contribution in [0.2, 0.25) is 0 Å². The lowest BCUT2D eigenvalue weighted by atomic mass is 9.85. The molecule has 2 heterocycles. The summed E-state index contributed by atoms with van der Waals surface area (Å²) in [6, 6.07) is 12.2. The molecule has 1 saturated carbocycles. The molecule has 0 unspecified atom stereocenters. The Morgan fingerprint density at radius 2 is 1.87 bits per heavy atom. The van der Waals surface area contributed by atoms with Gasteiger partial charge in [0.1, 0.15) is 11.6 Å². The minimum Gasteiger partial charge on any atom is -0.493 e. The average Bonchev–Trinajstić information content (AvgIpc) is 2.90. The molecule has 1 N–H and O–H groups in total. The fraction of sp³-hybridized carbons (Fsp3) is 0.433. The molecule has 1 amide bonds. The van der Waals surface area contributed by atoms with E-state index in [2.05, 4.69) is 9.71 Å². The van der Waals surface area contributed by atoms with E-state index in [9.17, 15) is 17.6 Å². The molecule has 212 valence electrons. The number of aromatic nitrogens is 2. The Morgan fingerprint density at radius 1 is 1.10 bits per heavy atom. The largest absolute Gasteiger partial charge is 0.493 e. The van der Waals surface area contributed by atoms with Crippen molar-refractivity contribution in [2.75, 3.05) is 6.61 Å². The van der Waals surface area contributed by atoms with E-state index in [1.807, 2.05) is 13.8 Å². The van der Waals surface area contributed by atoms with E-state index in [1.54, 1.807) is 37.3 Å². The van der Waals surface area contributed by atoms with Crippen LogP contribution in [0, 0.1) is 24.6 Å². The molecule has 0 atom stereocenters. The van der Waals surface area contributed by atoms with Gasteiger partial charge in [-0.2, -0.15) is 8.42 Å². The Balaban J connectivity index is 0.00000294. The van der Waals surface area contributed by atoms with Crippen LogP contribution < -0.4 is 9.46 Å². The van der Waals surface area contributed by atoms with Crippen molar-refractivity contribution < 1.29 is 25.2 Å². The number of ether oxygens (including phenoxy) is 1. The topological polar surface area (TPSA) is 98.2 Å². The number of amides is 1. The highest BCUT2D eigenvalue weighted by Gasteiger charge is 2.24. The molecular formula is C30H40FN3O4S. The summed E-state index contributed by atoms with van der Waals surface area (Å²) in [6.07, 6.45) is 7.24. The SMILES string of the molecule is Cc1cccc(S(=O)(=O)NC(=O)c2ccc(-c3cc(F)cc(OCC(C)C)c3)nc2CCC2CCCCC2)n1.[HH].[HH]. The van der Waals surface area contributed by atoms with Crippen LogP contribution in [0.4, 0.5) is 4.39 Å². The predicted molar refractivity (Wildman–Crippen MR) is 153 cm³/mol. The third-order valence-electron chi connectivity index (χ3n) is 6.85. The maximum Gasteiger partial charge on any atom is 0.281 e. The van der Waals surface area contributed by atoms with Crippen LogP contribution in [0.1, 0.15) is 77.0 Å². The van der Waals surface area contributed by atoms with Crippen LogP contribution in [-0.4, -0.2) is 30.9 Å². The number of carbonyl (C=O) groups is 1. The number of aryl methyl sites for hydroxylation is 2. The molecule has 7 nitrogen and oxygen atoms in total. The normalized spacial score (nSPS) is 14.4. The number of rotatable bonds is 10. The van der Waals surface area contributed by atoms with E-state index in [-0.39, 0.29) is 19.4 Å².